The van der Waals surface area contributed by atoms with Gasteiger partial charge in [0.15, 0.2) is 5.11 Å². The van der Waals surface area contributed by atoms with Gasteiger partial charge in [0.2, 0.25) is 5.91 Å². The van der Waals surface area contributed by atoms with Crippen LogP contribution >= 0.6 is 23.8 Å². The van der Waals surface area contributed by atoms with Gasteiger partial charge in [-0.2, -0.15) is 0 Å². The molecule has 2 N–H and O–H groups in total. The molecule has 0 unspecified atom stereocenters. The van der Waals surface area contributed by atoms with Crippen molar-refractivity contribution in [3.05, 3.63) is 95.7 Å². The number of hydrogen-bond acceptors (Lipinski definition) is 5. The summed E-state index contributed by atoms with van der Waals surface area (Å²) < 4.78 is 7.64. The predicted molar refractivity (Wildman–Crippen MR) is 148 cm³/mol. The number of carbonyl (C=O) groups is 1. The topological polar surface area (TPSA) is 84.3 Å². The number of nitrogens with one attached hydrogen (secondary N) is 2. The molecule has 0 saturated carbocycles. The van der Waals surface area contributed by atoms with Crippen LogP contribution in [-0.4, -0.2) is 32.7 Å². The number of methoxy groups -OCH3 is 1. The van der Waals surface area contributed by atoms with Crippen molar-refractivity contribution in [3.63, 3.8) is 0 Å². The molecule has 0 radical (unpaired) electrons. The second-order valence-electron chi connectivity index (χ2n) is 8.42. The van der Waals surface area contributed by atoms with Gasteiger partial charge in [-0.15, -0.1) is 0 Å². The predicted octanol–water partition coefficient (Wildman–Crippen LogP) is 5.45. The smallest absolute Gasteiger partial charge is 0.224 e. The molecule has 3 aromatic heterocycles. The first kappa shape index (κ1) is 24.7. The number of anilines is 2. The SMILES string of the molecule is CCC(=O)Nc1ccc(N2C(=S)N[C@H](c3ccccn3)[C@@H]2c2cccn2-c2ccc(Cl)cn2)cc1OC. The Morgan fingerprint density at radius 2 is 2.03 bits per heavy atom. The third-order valence-electron chi connectivity index (χ3n) is 6.20. The number of hydrogen-bond donors (Lipinski definition) is 2. The van der Waals surface area contributed by atoms with E-state index in [9.17, 15) is 4.79 Å². The standard InChI is InChI=1S/C27H25ClN6O2S/c1-3-24(35)31-19-11-10-18(15-22(19)36-2)34-26(25(32-27(34)37)20-7-4-5-13-29-20)21-8-6-14-33(21)23-12-9-17(28)16-30-23/h4-16,25-26H,3H2,1-2H3,(H,31,35)(H,32,37)/t25-,26+/m1/s1. The number of nitrogens with zero attached hydrogens (tertiary/aromatic N) is 4. The molecule has 4 heterocycles. The van der Waals surface area contributed by atoms with Gasteiger partial charge < -0.3 is 24.8 Å². The Bertz CT molecular complexity index is 1430. The molecule has 37 heavy (non-hydrogen) atoms. The first-order valence-corrected chi connectivity index (χ1v) is 12.6. The second-order valence-corrected chi connectivity index (χ2v) is 9.24. The number of thiocarbonyl (C=S) groups is 1. The molecule has 0 aliphatic carbocycles. The zero-order chi connectivity index (χ0) is 25.9. The normalized spacial score (nSPS) is 16.9. The van der Waals surface area contributed by atoms with E-state index in [1.807, 2.05) is 76.3 Å². The Morgan fingerprint density at radius 1 is 1.16 bits per heavy atom. The quantitative estimate of drug-likeness (QED) is 0.306. The van der Waals surface area contributed by atoms with Gasteiger partial charge in [0.1, 0.15) is 17.6 Å². The van der Waals surface area contributed by atoms with Crippen LogP contribution in [0, 0.1) is 0 Å². The van der Waals surface area contributed by atoms with Crippen LogP contribution in [0.3, 0.4) is 0 Å². The van der Waals surface area contributed by atoms with E-state index in [-0.39, 0.29) is 18.0 Å². The number of ether oxygens (including phenoxy) is 1. The highest BCUT2D eigenvalue weighted by atomic mass is 35.5. The fraction of sp³-hybridized carbons (Fsp3) is 0.185. The molecular weight excluding hydrogens is 508 g/mol. The highest BCUT2D eigenvalue weighted by Gasteiger charge is 2.42. The molecular formula is C27H25ClN6O2S. The molecule has 10 heteroatoms. The van der Waals surface area contributed by atoms with Crippen LogP contribution in [0.4, 0.5) is 11.4 Å². The Labute approximate surface area is 225 Å². The van der Waals surface area contributed by atoms with Gasteiger partial charge in [0, 0.05) is 42.5 Å². The molecule has 4 aromatic rings. The number of benzene rings is 1. The van der Waals surface area contributed by atoms with Crippen molar-refractivity contribution in [1.82, 2.24) is 19.9 Å². The summed E-state index contributed by atoms with van der Waals surface area (Å²) in [7, 11) is 1.58. The Balaban J connectivity index is 1.62. The third-order valence-corrected chi connectivity index (χ3v) is 6.74. The minimum atomic E-state index is -0.268. The molecule has 0 bridgehead atoms. The van der Waals surface area contributed by atoms with Crippen molar-refractivity contribution in [2.24, 2.45) is 0 Å². The molecule has 1 amide bonds. The summed E-state index contributed by atoms with van der Waals surface area (Å²) in [6.45, 7) is 1.80. The summed E-state index contributed by atoms with van der Waals surface area (Å²) in [5.41, 5.74) is 3.22. The van der Waals surface area contributed by atoms with Crippen LogP contribution in [0.25, 0.3) is 5.82 Å². The molecule has 1 aliphatic heterocycles. The number of carbonyl (C=O) groups excluding carboxylic acids is 1. The number of pyridine rings is 2. The molecule has 1 saturated heterocycles. The summed E-state index contributed by atoms with van der Waals surface area (Å²) in [5.74, 6) is 1.18. The summed E-state index contributed by atoms with van der Waals surface area (Å²) in [6.07, 6.45) is 5.73. The van der Waals surface area contributed by atoms with E-state index < -0.39 is 0 Å². The number of aromatic nitrogens is 3. The van der Waals surface area contributed by atoms with E-state index in [1.54, 1.807) is 26.4 Å². The monoisotopic (exact) mass is 532 g/mol. The molecule has 5 rings (SSSR count). The largest absolute Gasteiger partial charge is 0.494 e. The molecule has 1 fully saturated rings. The lowest BCUT2D eigenvalue weighted by molar-refractivity contribution is -0.115. The summed E-state index contributed by atoms with van der Waals surface area (Å²) in [4.78, 5) is 23.2. The van der Waals surface area contributed by atoms with Crippen LogP contribution < -0.4 is 20.3 Å². The lowest BCUT2D eigenvalue weighted by Gasteiger charge is -2.29. The molecule has 1 aromatic carbocycles. The van der Waals surface area contributed by atoms with Gasteiger partial charge in [-0.1, -0.05) is 24.6 Å². The number of halogens is 1. The van der Waals surface area contributed by atoms with Crippen molar-refractivity contribution in [2.75, 3.05) is 17.3 Å². The fourth-order valence-corrected chi connectivity index (χ4v) is 4.92. The first-order chi connectivity index (χ1) is 18.0. The van der Waals surface area contributed by atoms with Gasteiger partial charge in [-0.25, -0.2) is 4.98 Å². The molecule has 1 aliphatic rings. The van der Waals surface area contributed by atoms with Crippen LogP contribution in [0.5, 0.6) is 5.75 Å². The second kappa shape index (κ2) is 10.6. The first-order valence-electron chi connectivity index (χ1n) is 11.8. The Kier molecular flexibility index (Phi) is 7.07. The van der Waals surface area contributed by atoms with Crippen molar-refractivity contribution >= 4 is 46.2 Å². The highest BCUT2D eigenvalue weighted by molar-refractivity contribution is 7.80. The molecule has 2 atom stereocenters. The van der Waals surface area contributed by atoms with Crippen molar-refractivity contribution < 1.29 is 9.53 Å². The van der Waals surface area contributed by atoms with E-state index in [4.69, 9.17) is 28.6 Å². The highest BCUT2D eigenvalue weighted by Crippen LogP contribution is 2.43. The molecule has 0 spiro atoms. The Morgan fingerprint density at radius 3 is 2.73 bits per heavy atom. The fourth-order valence-electron chi connectivity index (χ4n) is 4.46. The van der Waals surface area contributed by atoms with Crippen LogP contribution in [0.2, 0.25) is 5.02 Å². The summed E-state index contributed by atoms with van der Waals surface area (Å²) in [6, 6.07) is 18.7. The van der Waals surface area contributed by atoms with E-state index in [0.29, 0.717) is 28.0 Å². The van der Waals surface area contributed by atoms with Gasteiger partial charge in [0.05, 0.1) is 29.6 Å². The number of amides is 1. The van der Waals surface area contributed by atoms with Crippen molar-refractivity contribution in [3.8, 4) is 11.6 Å². The van der Waals surface area contributed by atoms with Gasteiger partial charge in [-0.05, 0) is 60.7 Å². The minimum absolute atomic E-state index is 0.0919. The number of rotatable bonds is 7. The van der Waals surface area contributed by atoms with Crippen molar-refractivity contribution in [2.45, 2.75) is 25.4 Å². The lowest BCUT2D eigenvalue weighted by atomic mass is 10.0. The van der Waals surface area contributed by atoms with Gasteiger partial charge in [-0.3, -0.25) is 9.78 Å². The van der Waals surface area contributed by atoms with Gasteiger partial charge in [0.25, 0.3) is 0 Å². The van der Waals surface area contributed by atoms with Gasteiger partial charge >= 0.3 is 0 Å². The van der Waals surface area contributed by atoms with Crippen molar-refractivity contribution in [1.29, 1.82) is 0 Å². The third kappa shape index (κ3) is 4.87. The van der Waals surface area contributed by atoms with E-state index >= 15 is 0 Å². The van der Waals surface area contributed by atoms with Crippen LogP contribution in [0.1, 0.15) is 36.8 Å². The Hall–Kier alpha value is -3.95. The lowest BCUT2D eigenvalue weighted by Crippen LogP contribution is -2.30. The summed E-state index contributed by atoms with van der Waals surface area (Å²) >= 11 is 12.0. The zero-order valence-electron chi connectivity index (χ0n) is 20.3. The van der Waals surface area contributed by atoms with Crippen LogP contribution in [-0.2, 0) is 4.79 Å². The average molecular weight is 533 g/mol. The van der Waals surface area contributed by atoms with E-state index in [2.05, 4.69) is 20.6 Å². The van der Waals surface area contributed by atoms with E-state index in [1.165, 1.54) is 0 Å². The maximum Gasteiger partial charge on any atom is 0.224 e. The maximum atomic E-state index is 12.0. The minimum Gasteiger partial charge on any atom is -0.494 e. The maximum absolute atomic E-state index is 12.0. The van der Waals surface area contributed by atoms with Crippen LogP contribution in [0.15, 0.2) is 79.3 Å². The zero-order valence-corrected chi connectivity index (χ0v) is 21.8. The molecule has 188 valence electrons. The molecule has 8 nitrogen and oxygen atoms in total. The van der Waals surface area contributed by atoms with E-state index in [0.717, 1.165) is 22.9 Å². The average Bonchev–Trinajstić information content (AvgIpc) is 3.54. The summed E-state index contributed by atoms with van der Waals surface area (Å²) in [5, 5.41) is 7.46.